The summed E-state index contributed by atoms with van der Waals surface area (Å²) in [4.78, 5) is 10.3. The third kappa shape index (κ3) is 6.23. The predicted octanol–water partition coefficient (Wildman–Crippen LogP) is 5.34. The van der Waals surface area contributed by atoms with E-state index in [1.54, 1.807) is 24.3 Å². The van der Waals surface area contributed by atoms with E-state index in [1.807, 2.05) is 47.6 Å². The van der Waals surface area contributed by atoms with Gasteiger partial charge in [-0.3, -0.25) is 4.79 Å². The monoisotopic (exact) mass is 469 g/mol. The summed E-state index contributed by atoms with van der Waals surface area (Å²) >= 11 is 0. The number of nitriles is 1. The van der Waals surface area contributed by atoms with Crippen LogP contribution in [0.2, 0.25) is 0 Å². The number of aliphatic carboxylic acids is 1. The number of aromatic hydroxyl groups is 1. The minimum absolute atomic E-state index is 0.0414. The normalized spacial score (nSPS) is 12.9. The van der Waals surface area contributed by atoms with Crippen LogP contribution in [-0.2, 0) is 31.9 Å². The van der Waals surface area contributed by atoms with Crippen LogP contribution in [0.5, 0.6) is 5.75 Å². The Hall–Kier alpha value is -3.11. The number of hydrogen-bond acceptors (Lipinski definition) is 5. The summed E-state index contributed by atoms with van der Waals surface area (Å²) in [6.45, 7) is 11.7. The van der Waals surface area contributed by atoms with Crippen LogP contribution in [0.3, 0.4) is 0 Å². The van der Waals surface area contributed by atoms with Crippen LogP contribution < -0.4 is 0 Å². The van der Waals surface area contributed by atoms with Gasteiger partial charge in [0, 0.05) is 17.5 Å². The fraction of sp³-hybridized carbons (Fsp3) is 0.385. The lowest BCUT2D eigenvalue weighted by molar-refractivity contribution is -0.136. The SMILES string of the molecule is CC(C)(C)c1cc(C=C(C#N)S(=O)(=O)c2ccc(CCC(=O)O)cc2)cc(C(C)(C)C)c1O. The molecule has 2 N–H and O–H groups in total. The summed E-state index contributed by atoms with van der Waals surface area (Å²) in [7, 11) is -4.08. The van der Waals surface area contributed by atoms with Gasteiger partial charge in [0.1, 0.15) is 16.7 Å². The van der Waals surface area contributed by atoms with Crippen LogP contribution in [0.25, 0.3) is 6.08 Å². The van der Waals surface area contributed by atoms with Crippen LogP contribution in [-0.4, -0.2) is 24.6 Å². The highest BCUT2D eigenvalue weighted by molar-refractivity contribution is 7.95. The van der Waals surface area contributed by atoms with Crippen molar-refractivity contribution in [2.75, 3.05) is 0 Å². The Balaban J connectivity index is 2.58. The van der Waals surface area contributed by atoms with Gasteiger partial charge in [0.05, 0.1) is 4.90 Å². The van der Waals surface area contributed by atoms with Gasteiger partial charge in [0.15, 0.2) is 0 Å². The van der Waals surface area contributed by atoms with E-state index in [-0.39, 0.29) is 23.5 Å². The third-order valence-corrected chi connectivity index (χ3v) is 6.99. The second-order valence-corrected chi connectivity index (χ2v) is 12.0. The fourth-order valence-corrected chi connectivity index (χ4v) is 4.58. The van der Waals surface area contributed by atoms with E-state index in [9.17, 15) is 23.6 Å². The van der Waals surface area contributed by atoms with Crippen LogP contribution in [0.1, 0.15) is 70.2 Å². The Morgan fingerprint density at radius 3 is 1.88 bits per heavy atom. The smallest absolute Gasteiger partial charge is 0.303 e. The Morgan fingerprint density at radius 2 is 1.48 bits per heavy atom. The third-order valence-electron chi connectivity index (χ3n) is 5.31. The molecule has 0 aromatic heterocycles. The van der Waals surface area contributed by atoms with Crippen LogP contribution in [0.15, 0.2) is 46.2 Å². The number of benzene rings is 2. The Labute approximate surface area is 196 Å². The van der Waals surface area contributed by atoms with E-state index in [0.29, 0.717) is 22.3 Å². The molecule has 7 heteroatoms. The number of nitrogens with zero attached hydrogens (tertiary/aromatic N) is 1. The first kappa shape index (κ1) is 26.1. The lowest BCUT2D eigenvalue weighted by atomic mass is 9.78. The highest BCUT2D eigenvalue weighted by atomic mass is 32.2. The molecule has 0 unspecified atom stereocenters. The summed E-state index contributed by atoms with van der Waals surface area (Å²) in [5.74, 6) is -0.759. The fourth-order valence-electron chi connectivity index (χ4n) is 3.42. The first-order valence-electron chi connectivity index (χ1n) is 10.6. The predicted molar refractivity (Wildman–Crippen MR) is 129 cm³/mol. The Kier molecular flexibility index (Phi) is 7.45. The standard InChI is InChI=1S/C26H31NO5S/c1-25(2,3)21-14-18(15-22(24(21)30)26(4,5)6)13-20(16-27)33(31,32)19-10-7-17(8-11-19)9-12-23(28)29/h7-8,10-11,13-15,30H,9,12H2,1-6H3,(H,28,29). The minimum Gasteiger partial charge on any atom is -0.507 e. The summed E-state index contributed by atoms with van der Waals surface area (Å²) < 4.78 is 26.3. The molecule has 0 aliphatic heterocycles. The first-order chi connectivity index (χ1) is 15.1. The number of phenolic OH excluding ortho intramolecular Hbond substituents is 1. The summed E-state index contributed by atoms with van der Waals surface area (Å²) in [6.07, 6.45) is 1.56. The van der Waals surface area contributed by atoms with Crippen molar-refractivity contribution in [1.29, 1.82) is 5.26 Å². The molecule has 2 rings (SSSR count). The molecule has 2 aromatic rings. The van der Waals surface area contributed by atoms with Crippen molar-refractivity contribution >= 4 is 21.9 Å². The molecule has 0 heterocycles. The highest BCUT2D eigenvalue weighted by Crippen LogP contribution is 2.40. The average Bonchev–Trinajstić information content (AvgIpc) is 2.69. The van der Waals surface area contributed by atoms with E-state index in [2.05, 4.69) is 0 Å². The number of carboxylic acids is 1. The van der Waals surface area contributed by atoms with Crippen molar-refractivity contribution < 1.29 is 23.4 Å². The van der Waals surface area contributed by atoms with E-state index >= 15 is 0 Å². The van der Waals surface area contributed by atoms with Crippen LogP contribution in [0.4, 0.5) is 0 Å². The molecule has 176 valence electrons. The van der Waals surface area contributed by atoms with E-state index < -0.39 is 31.5 Å². The highest BCUT2D eigenvalue weighted by Gasteiger charge is 2.27. The van der Waals surface area contributed by atoms with Crippen molar-refractivity contribution in [3.63, 3.8) is 0 Å². The molecule has 0 bridgehead atoms. The number of rotatable bonds is 6. The number of hydrogen-bond donors (Lipinski definition) is 2. The molecule has 33 heavy (non-hydrogen) atoms. The molecule has 0 radical (unpaired) electrons. The number of phenols is 1. The number of carbonyl (C=O) groups is 1. The Bertz CT molecular complexity index is 1180. The zero-order valence-corrected chi connectivity index (χ0v) is 20.7. The first-order valence-corrected chi connectivity index (χ1v) is 12.1. The van der Waals surface area contributed by atoms with E-state index in [0.717, 1.165) is 0 Å². The molecule has 0 spiro atoms. The largest absolute Gasteiger partial charge is 0.507 e. The molecule has 0 aliphatic rings. The number of carboxylic acid groups (broad SMARTS) is 1. The maximum Gasteiger partial charge on any atom is 0.303 e. The lowest BCUT2D eigenvalue weighted by Gasteiger charge is -2.28. The maximum absolute atomic E-state index is 13.1. The average molecular weight is 470 g/mol. The summed E-state index contributed by atoms with van der Waals surface area (Å²) in [6, 6.07) is 11.1. The zero-order valence-electron chi connectivity index (χ0n) is 19.9. The van der Waals surface area contributed by atoms with Crippen molar-refractivity contribution in [3.8, 4) is 11.8 Å². The summed E-state index contributed by atoms with van der Waals surface area (Å²) in [5.41, 5.74) is 1.75. The molecular weight excluding hydrogens is 438 g/mol. The van der Waals surface area contributed by atoms with Crippen molar-refractivity contribution in [2.45, 2.75) is 70.1 Å². The van der Waals surface area contributed by atoms with Gasteiger partial charge in [-0.25, -0.2) is 8.42 Å². The van der Waals surface area contributed by atoms with Crippen molar-refractivity contribution in [2.24, 2.45) is 0 Å². The van der Waals surface area contributed by atoms with Crippen LogP contribution in [0, 0.1) is 11.3 Å². The maximum atomic E-state index is 13.1. The molecule has 0 amide bonds. The quantitative estimate of drug-likeness (QED) is 0.552. The molecule has 0 aliphatic carbocycles. The van der Waals surface area contributed by atoms with Crippen LogP contribution >= 0.6 is 0 Å². The summed E-state index contributed by atoms with van der Waals surface area (Å²) in [5, 5.41) is 29.4. The topological polar surface area (TPSA) is 115 Å². The van der Waals surface area contributed by atoms with Gasteiger partial charge in [0.2, 0.25) is 9.84 Å². The van der Waals surface area contributed by atoms with Gasteiger partial charge in [0.25, 0.3) is 0 Å². The Morgan fingerprint density at radius 1 is 1.00 bits per heavy atom. The number of aryl methyl sites for hydroxylation is 1. The molecular formula is C26H31NO5S. The lowest BCUT2D eigenvalue weighted by Crippen LogP contribution is -2.17. The van der Waals surface area contributed by atoms with Gasteiger partial charge in [-0.2, -0.15) is 5.26 Å². The molecule has 0 fully saturated rings. The van der Waals surface area contributed by atoms with E-state index in [4.69, 9.17) is 5.11 Å². The second kappa shape index (κ2) is 9.40. The van der Waals surface area contributed by atoms with Crippen molar-refractivity contribution in [1.82, 2.24) is 0 Å². The van der Waals surface area contributed by atoms with Gasteiger partial charge in [-0.05, 0) is 58.7 Å². The minimum atomic E-state index is -4.08. The molecule has 0 saturated heterocycles. The van der Waals surface area contributed by atoms with Gasteiger partial charge in [-0.15, -0.1) is 0 Å². The van der Waals surface area contributed by atoms with Gasteiger partial charge >= 0.3 is 5.97 Å². The molecule has 6 nitrogen and oxygen atoms in total. The number of allylic oxidation sites excluding steroid dienone is 1. The molecule has 0 atom stereocenters. The molecule has 2 aromatic carbocycles. The van der Waals surface area contributed by atoms with Gasteiger partial charge < -0.3 is 10.2 Å². The second-order valence-electron chi connectivity index (χ2n) is 10.1. The van der Waals surface area contributed by atoms with Crippen molar-refractivity contribution in [3.05, 3.63) is 63.6 Å². The van der Waals surface area contributed by atoms with E-state index in [1.165, 1.54) is 18.2 Å². The zero-order chi connectivity index (χ0) is 25.2. The van der Waals surface area contributed by atoms with Gasteiger partial charge in [-0.1, -0.05) is 53.7 Å². The number of sulfone groups is 1. The molecule has 0 saturated carbocycles.